The molecule has 24 heavy (non-hydrogen) atoms. The van der Waals surface area contributed by atoms with Crippen molar-refractivity contribution >= 4 is 15.9 Å². The summed E-state index contributed by atoms with van der Waals surface area (Å²) in [4.78, 5) is 12.0. The largest absolute Gasteiger partial charge is 0.351 e. The van der Waals surface area contributed by atoms with E-state index in [1.165, 1.54) is 31.3 Å². The quantitative estimate of drug-likeness (QED) is 0.860. The van der Waals surface area contributed by atoms with Gasteiger partial charge in [0.05, 0.1) is 23.1 Å². The number of benzene rings is 2. The van der Waals surface area contributed by atoms with Crippen LogP contribution in [0, 0.1) is 11.3 Å². The van der Waals surface area contributed by atoms with E-state index < -0.39 is 15.9 Å². The normalized spacial score (nSPS) is 11.0. The van der Waals surface area contributed by atoms with Crippen LogP contribution in [0.25, 0.3) is 0 Å². The van der Waals surface area contributed by atoms with Gasteiger partial charge in [0.1, 0.15) is 0 Å². The minimum absolute atomic E-state index is 0.0415. The molecule has 7 heteroatoms. The van der Waals surface area contributed by atoms with Crippen LogP contribution in [0.4, 0.5) is 0 Å². The number of nitrogens with zero attached hydrogens (tertiary/aromatic N) is 2. The zero-order chi connectivity index (χ0) is 17.6. The lowest BCUT2D eigenvalue weighted by molar-refractivity contribution is -0.121. The third-order valence-corrected chi connectivity index (χ3v) is 5.21. The average Bonchev–Trinajstić information content (AvgIpc) is 2.60. The van der Waals surface area contributed by atoms with Gasteiger partial charge in [-0.25, -0.2) is 8.42 Å². The first-order valence-electron chi connectivity index (χ1n) is 7.20. The molecule has 0 saturated carbocycles. The first-order valence-corrected chi connectivity index (χ1v) is 8.64. The average molecular weight is 343 g/mol. The van der Waals surface area contributed by atoms with Gasteiger partial charge in [-0.2, -0.15) is 9.57 Å². The van der Waals surface area contributed by atoms with E-state index in [-0.39, 0.29) is 11.4 Å². The Morgan fingerprint density at radius 1 is 1.12 bits per heavy atom. The Morgan fingerprint density at radius 3 is 2.33 bits per heavy atom. The SMILES string of the molecule is CN(CC(=O)NCc1ccccc1)S(=O)(=O)c1ccc(C#N)cc1. The van der Waals surface area contributed by atoms with E-state index in [1.54, 1.807) is 0 Å². The maximum atomic E-state index is 12.4. The Kier molecular flexibility index (Phi) is 5.68. The minimum Gasteiger partial charge on any atom is -0.351 e. The fourth-order valence-corrected chi connectivity index (χ4v) is 3.15. The van der Waals surface area contributed by atoms with E-state index in [2.05, 4.69) is 5.32 Å². The van der Waals surface area contributed by atoms with Crippen LogP contribution in [0.3, 0.4) is 0 Å². The van der Waals surface area contributed by atoms with Gasteiger partial charge in [0.2, 0.25) is 15.9 Å². The van der Waals surface area contributed by atoms with E-state index in [0.29, 0.717) is 12.1 Å². The summed E-state index contributed by atoms with van der Waals surface area (Å²) in [5.74, 6) is -0.390. The van der Waals surface area contributed by atoms with Crippen molar-refractivity contribution in [1.29, 1.82) is 5.26 Å². The first kappa shape index (κ1) is 17.7. The van der Waals surface area contributed by atoms with Gasteiger partial charge in [0.15, 0.2) is 0 Å². The standard InChI is InChI=1S/C17H17N3O3S/c1-20(13-17(21)19-12-15-5-3-2-4-6-15)24(22,23)16-9-7-14(11-18)8-10-16/h2-10H,12-13H2,1H3,(H,19,21). The second-order valence-electron chi connectivity index (χ2n) is 5.16. The lowest BCUT2D eigenvalue weighted by atomic mass is 10.2. The molecule has 2 rings (SSSR count). The summed E-state index contributed by atoms with van der Waals surface area (Å²) in [6.45, 7) is 0.0552. The molecule has 0 unspecified atom stereocenters. The Hall–Kier alpha value is -2.69. The van der Waals surface area contributed by atoms with Crippen molar-refractivity contribution in [3.8, 4) is 6.07 Å². The number of sulfonamides is 1. The molecule has 0 heterocycles. The Bertz CT molecular complexity index is 841. The molecular weight excluding hydrogens is 326 g/mol. The molecule has 0 aromatic heterocycles. The molecule has 0 aliphatic rings. The van der Waals surface area contributed by atoms with Crippen LogP contribution in [0.2, 0.25) is 0 Å². The van der Waals surface area contributed by atoms with Crippen molar-refractivity contribution in [3.05, 3.63) is 65.7 Å². The van der Waals surface area contributed by atoms with Gasteiger partial charge in [0, 0.05) is 13.6 Å². The zero-order valence-corrected chi connectivity index (χ0v) is 14.0. The smallest absolute Gasteiger partial charge is 0.243 e. The predicted molar refractivity (Wildman–Crippen MR) is 89.3 cm³/mol. The Balaban J connectivity index is 1.98. The van der Waals surface area contributed by atoms with E-state index in [0.717, 1.165) is 9.87 Å². The molecular formula is C17H17N3O3S. The number of likely N-dealkylation sites (N-methyl/N-ethyl adjacent to an activating group) is 1. The number of carbonyl (C=O) groups excluding carboxylic acids is 1. The summed E-state index contributed by atoms with van der Waals surface area (Å²) >= 11 is 0. The van der Waals surface area contributed by atoms with Crippen molar-refractivity contribution in [3.63, 3.8) is 0 Å². The van der Waals surface area contributed by atoms with Crippen molar-refractivity contribution in [2.24, 2.45) is 0 Å². The molecule has 0 aliphatic carbocycles. The highest BCUT2D eigenvalue weighted by atomic mass is 32.2. The molecule has 1 N–H and O–H groups in total. The maximum absolute atomic E-state index is 12.4. The van der Waals surface area contributed by atoms with Gasteiger partial charge in [0.25, 0.3) is 0 Å². The van der Waals surface area contributed by atoms with Crippen molar-refractivity contribution in [2.75, 3.05) is 13.6 Å². The highest BCUT2D eigenvalue weighted by molar-refractivity contribution is 7.89. The summed E-state index contributed by atoms with van der Waals surface area (Å²) in [7, 11) is -2.44. The number of nitriles is 1. The van der Waals surface area contributed by atoms with E-state index in [9.17, 15) is 13.2 Å². The molecule has 6 nitrogen and oxygen atoms in total. The summed E-state index contributed by atoms with van der Waals surface area (Å²) in [6.07, 6.45) is 0. The molecule has 0 bridgehead atoms. The summed E-state index contributed by atoms with van der Waals surface area (Å²) in [5.41, 5.74) is 1.31. The van der Waals surface area contributed by atoms with Crippen LogP contribution < -0.4 is 5.32 Å². The lowest BCUT2D eigenvalue weighted by Crippen LogP contribution is -2.38. The van der Waals surface area contributed by atoms with Crippen LogP contribution in [0.1, 0.15) is 11.1 Å². The first-order chi connectivity index (χ1) is 11.4. The third kappa shape index (κ3) is 4.41. The van der Waals surface area contributed by atoms with Gasteiger partial charge < -0.3 is 5.32 Å². The monoisotopic (exact) mass is 343 g/mol. The highest BCUT2D eigenvalue weighted by Crippen LogP contribution is 2.14. The van der Waals surface area contributed by atoms with Gasteiger partial charge >= 0.3 is 0 Å². The van der Waals surface area contributed by atoms with Crippen LogP contribution in [-0.2, 0) is 21.4 Å². The number of rotatable bonds is 6. The van der Waals surface area contributed by atoms with Crippen molar-refractivity contribution in [1.82, 2.24) is 9.62 Å². The molecule has 0 radical (unpaired) electrons. The fraction of sp³-hybridized carbons (Fsp3) is 0.176. The summed E-state index contributed by atoms with van der Waals surface area (Å²) in [6, 6.07) is 16.8. The number of nitrogens with one attached hydrogen (secondary N) is 1. The van der Waals surface area contributed by atoms with Crippen LogP contribution >= 0.6 is 0 Å². The number of hydrogen-bond acceptors (Lipinski definition) is 4. The molecule has 1 amide bonds. The topological polar surface area (TPSA) is 90.3 Å². The second-order valence-corrected chi connectivity index (χ2v) is 7.20. The van der Waals surface area contributed by atoms with E-state index in [4.69, 9.17) is 5.26 Å². The highest BCUT2D eigenvalue weighted by Gasteiger charge is 2.22. The summed E-state index contributed by atoms with van der Waals surface area (Å²) in [5, 5.41) is 11.4. The Labute approximate surface area is 141 Å². The number of hydrogen-bond donors (Lipinski definition) is 1. The van der Waals surface area contributed by atoms with Gasteiger partial charge in [-0.1, -0.05) is 30.3 Å². The maximum Gasteiger partial charge on any atom is 0.243 e. The van der Waals surface area contributed by atoms with Gasteiger partial charge in [-0.3, -0.25) is 4.79 Å². The van der Waals surface area contributed by atoms with Crippen molar-refractivity contribution in [2.45, 2.75) is 11.4 Å². The molecule has 0 saturated heterocycles. The molecule has 124 valence electrons. The van der Waals surface area contributed by atoms with E-state index in [1.807, 2.05) is 36.4 Å². The van der Waals surface area contributed by atoms with Crippen molar-refractivity contribution < 1.29 is 13.2 Å². The molecule has 0 aliphatic heterocycles. The van der Waals surface area contributed by atoms with Crippen LogP contribution in [0.5, 0.6) is 0 Å². The summed E-state index contributed by atoms with van der Waals surface area (Å²) < 4.78 is 25.8. The van der Waals surface area contributed by atoms with Gasteiger partial charge in [-0.05, 0) is 29.8 Å². The third-order valence-electron chi connectivity index (χ3n) is 3.39. The van der Waals surface area contributed by atoms with E-state index >= 15 is 0 Å². The number of amides is 1. The van der Waals surface area contributed by atoms with Crippen LogP contribution in [0.15, 0.2) is 59.5 Å². The fourth-order valence-electron chi connectivity index (χ4n) is 2.02. The second kappa shape index (κ2) is 7.73. The molecule has 0 spiro atoms. The van der Waals surface area contributed by atoms with Gasteiger partial charge in [-0.15, -0.1) is 0 Å². The predicted octanol–water partition coefficient (Wildman–Crippen LogP) is 1.50. The lowest BCUT2D eigenvalue weighted by Gasteiger charge is -2.17. The molecule has 2 aromatic rings. The minimum atomic E-state index is -3.78. The van der Waals surface area contributed by atoms with Crippen LogP contribution in [-0.4, -0.2) is 32.2 Å². The zero-order valence-electron chi connectivity index (χ0n) is 13.1. The molecule has 0 fully saturated rings. The number of carbonyl (C=O) groups is 1. The molecule has 2 aromatic carbocycles. The Morgan fingerprint density at radius 2 is 1.75 bits per heavy atom. The molecule has 0 atom stereocenters.